The number of fused-ring (bicyclic) bond motifs is 5. The number of pyridine rings is 1. The second kappa shape index (κ2) is 8.83. The van der Waals surface area contributed by atoms with E-state index in [2.05, 4.69) is 22.2 Å². The molecule has 186 valence electrons. The molecule has 0 aliphatic heterocycles. The van der Waals surface area contributed by atoms with Crippen molar-refractivity contribution in [3.63, 3.8) is 0 Å². The first-order chi connectivity index (χ1) is 18.1. The van der Waals surface area contributed by atoms with Gasteiger partial charge in [0.1, 0.15) is 28.5 Å². The Labute approximate surface area is 214 Å². The highest BCUT2D eigenvalue weighted by atomic mass is 19.1. The Kier molecular flexibility index (Phi) is 5.30. The molecule has 3 saturated carbocycles. The van der Waals surface area contributed by atoms with Gasteiger partial charge in [0.05, 0.1) is 6.20 Å². The van der Waals surface area contributed by atoms with Crippen LogP contribution in [0.1, 0.15) is 32.6 Å². The van der Waals surface area contributed by atoms with E-state index in [9.17, 15) is 4.39 Å². The third kappa shape index (κ3) is 3.89. The molecular weight excluding hydrogens is 465 g/mol. The fraction of sp³-hybridized carbons (Fsp3) is 0.300. The fourth-order valence-corrected chi connectivity index (χ4v) is 6.38. The molecule has 3 aliphatic carbocycles. The van der Waals surface area contributed by atoms with Crippen LogP contribution in [-0.2, 0) is 0 Å². The van der Waals surface area contributed by atoms with Crippen LogP contribution >= 0.6 is 0 Å². The van der Waals surface area contributed by atoms with Crippen LogP contribution < -0.4 is 10.1 Å². The summed E-state index contributed by atoms with van der Waals surface area (Å²) < 4.78 is 20.4. The van der Waals surface area contributed by atoms with Crippen molar-refractivity contribution in [3.8, 4) is 22.9 Å². The number of H-pyrrole nitrogens is 1. The number of aromatic nitrogens is 4. The van der Waals surface area contributed by atoms with Crippen LogP contribution in [0.2, 0.25) is 0 Å². The highest BCUT2D eigenvalue weighted by molar-refractivity contribution is 5.97. The molecule has 2 bridgehead atoms. The number of halogens is 1. The molecule has 2 N–H and O–H groups in total. The lowest BCUT2D eigenvalue weighted by Crippen LogP contribution is -2.47. The summed E-state index contributed by atoms with van der Waals surface area (Å²) in [5.41, 5.74) is 2.02. The SMILES string of the molecule is CC1C2CCC(CC2)C1Nc1nc(-c2c[nH]c3ncc(F)cc23)nc2c(Oc3ccccc3)cccc12. The fourth-order valence-electron chi connectivity index (χ4n) is 6.38. The number of hydrogen-bond acceptors (Lipinski definition) is 5. The van der Waals surface area contributed by atoms with Crippen LogP contribution in [0, 0.1) is 23.6 Å². The van der Waals surface area contributed by atoms with Gasteiger partial charge >= 0.3 is 0 Å². The zero-order valence-electron chi connectivity index (χ0n) is 20.6. The van der Waals surface area contributed by atoms with Crippen LogP contribution in [0.5, 0.6) is 11.5 Å². The first kappa shape index (κ1) is 22.2. The zero-order chi connectivity index (χ0) is 24.9. The van der Waals surface area contributed by atoms with Crippen LogP contribution in [-0.4, -0.2) is 26.0 Å². The molecule has 0 amide bonds. The molecule has 2 atom stereocenters. The summed E-state index contributed by atoms with van der Waals surface area (Å²) >= 11 is 0. The average Bonchev–Trinajstić information content (AvgIpc) is 3.35. The van der Waals surface area contributed by atoms with Gasteiger partial charge in [-0.25, -0.2) is 19.3 Å². The molecule has 6 nitrogen and oxygen atoms in total. The quantitative estimate of drug-likeness (QED) is 0.268. The smallest absolute Gasteiger partial charge is 0.164 e. The van der Waals surface area contributed by atoms with Gasteiger partial charge in [-0.05, 0) is 73.8 Å². The van der Waals surface area contributed by atoms with Crippen molar-refractivity contribution >= 4 is 27.8 Å². The summed E-state index contributed by atoms with van der Waals surface area (Å²) in [6, 6.07) is 17.5. The molecule has 8 rings (SSSR count). The van der Waals surface area contributed by atoms with Crippen LogP contribution in [0.25, 0.3) is 33.3 Å². The maximum absolute atomic E-state index is 14.1. The Morgan fingerprint density at radius 3 is 2.57 bits per heavy atom. The highest BCUT2D eigenvalue weighted by Crippen LogP contribution is 2.46. The summed E-state index contributed by atoms with van der Waals surface area (Å²) in [7, 11) is 0. The average molecular weight is 494 g/mol. The standard InChI is InChI=1S/C30H28FN5O/c1-17-18-10-12-19(13-11-18)26(17)34-29-22-8-5-9-25(37-21-6-3-2-4-7-21)27(22)35-30(36-29)24-16-33-28-23(24)14-20(31)15-32-28/h2-9,14-19,26H,10-13H2,1H3,(H,32,33)(H,34,35,36). The van der Waals surface area contributed by atoms with E-state index < -0.39 is 5.82 Å². The van der Waals surface area contributed by atoms with Crippen molar-refractivity contribution in [2.75, 3.05) is 5.32 Å². The minimum absolute atomic E-state index is 0.360. The molecule has 3 fully saturated rings. The van der Waals surface area contributed by atoms with Gasteiger partial charge in [-0.2, -0.15) is 0 Å². The van der Waals surface area contributed by atoms with Crippen molar-refractivity contribution in [2.24, 2.45) is 17.8 Å². The number of anilines is 1. The van der Waals surface area contributed by atoms with Gasteiger partial charge in [0, 0.05) is 28.6 Å². The molecule has 2 aromatic carbocycles. The first-order valence-corrected chi connectivity index (χ1v) is 13.1. The number of nitrogens with zero attached hydrogens (tertiary/aromatic N) is 3. The van der Waals surface area contributed by atoms with Crippen LogP contribution in [0.3, 0.4) is 0 Å². The van der Waals surface area contributed by atoms with Gasteiger partial charge < -0.3 is 15.0 Å². The summed E-state index contributed by atoms with van der Waals surface area (Å²) in [6.07, 6.45) is 8.18. The van der Waals surface area contributed by atoms with Crippen LogP contribution in [0.15, 0.2) is 67.0 Å². The lowest BCUT2D eigenvalue weighted by atomic mass is 9.62. The maximum atomic E-state index is 14.1. The molecular formula is C30H28FN5O. The van der Waals surface area contributed by atoms with Gasteiger partial charge in [0.2, 0.25) is 0 Å². The number of benzene rings is 2. The minimum Gasteiger partial charge on any atom is -0.455 e. The third-order valence-electron chi connectivity index (χ3n) is 8.34. The van der Waals surface area contributed by atoms with E-state index in [1.54, 1.807) is 6.20 Å². The number of aromatic amines is 1. The molecule has 0 radical (unpaired) electrons. The predicted octanol–water partition coefficient (Wildman–Crippen LogP) is 7.34. The Hall–Kier alpha value is -4.00. The Balaban J connectivity index is 1.39. The molecule has 0 spiro atoms. The molecule has 3 aliphatic rings. The summed E-state index contributed by atoms with van der Waals surface area (Å²) in [6.45, 7) is 2.37. The van der Waals surface area contributed by atoms with Crippen molar-refractivity contribution in [3.05, 3.63) is 72.8 Å². The van der Waals surface area contributed by atoms with E-state index in [1.807, 2.05) is 48.5 Å². The minimum atomic E-state index is -0.396. The number of ether oxygens (including phenoxy) is 1. The zero-order valence-corrected chi connectivity index (χ0v) is 20.6. The van der Waals surface area contributed by atoms with E-state index in [4.69, 9.17) is 14.7 Å². The van der Waals surface area contributed by atoms with E-state index >= 15 is 0 Å². The van der Waals surface area contributed by atoms with Crippen molar-refractivity contribution in [2.45, 2.75) is 38.6 Å². The van der Waals surface area contributed by atoms with Gasteiger partial charge in [0.15, 0.2) is 11.6 Å². The van der Waals surface area contributed by atoms with Gasteiger partial charge in [-0.15, -0.1) is 0 Å². The molecule has 5 aromatic rings. The van der Waals surface area contributed by atoms with E-state index in [-0.39, 0.29) is 0 Å². The maximum Gasteiger partial charge on any atom is 0.164 e. The molecule has 0 saturated heterocycles. The normalized spacial score (nSPS) is 23.0. The summed E-state index contributed by atoms with van der Waals surface area (Å²) in [4.78, 5) is 17.3. The number of para-hydroxylation sites is 2. The third-order valence-corrected chi connectivity index (χ3v) is 8.34. The molecule has 37 heavy (non-hydrogen) atoms. The first-order valence-electron chi connectivity index (χ1n) is 13.1. The summed E-state index contributed by atoms with van der Waals surface area (Å²) in [5, 5.41) is 5.41. The van der Waals surface area contributed by atoms with E-state index in [0.717, 1.165) is 22.9 Å². The lowest BCUT2D eigenvalue weighted by molar-refractivity contribution is 0.0929. The summed E-state index contributed by atoms with van der Waals surface area (Å²) in [5.74, 6) is 4.27. The second-order valence-corrected chi connectivity index (χ2v) is 10.4. The Morgan fingerprint density at radius 1 is 0.946 bits per heavy atom. The predicted molar refractivity (Wildman–Crippen MR) is 143 cm³/mol. The van der Waals surface area contributed by atoms with Crippen molar-refractivity contribution in [1.29, 1.82) is 0 Å². The highest BCUT2D eigenvalue weighted by Gasteiger charge is 2.41. The molecule has 3 heterocycles. The molecule has 3 aromatic heterocycles. The van der Waals surface area contributed by atoms with Crippen molar-refractivity contribution in [1.82, 2.24) is 19.9 Å². The topological polar surface area (TPSA) is 75.7 Å². The van der Waals surface area contributed by atoms with Crippen molar-refractivity contribution < 1.29 is 9.13 Å². The van der Waals surface area contributed by atoms with Gasteiger partial charge in [-0.1, -0.05) is 31.2 Å². The second-order valence-electron chi connectivity index (χ2n) is 10.4. The van der Waals surface area contributed by atoms with Crippen LogP contribution in [0.4, 0.5) is 10.2 Å². The number of hydrogen-bond donors (Lipinski definition) is 2. The largest absolute Gasteiger partial charge is 0.455 e. The van der Waals surface area contributed by atoms with Gasteiger partial charge in [-0.3, -0.25) is 0 Å². The van der Waals surface area contributed by atoms with Gasteiger partial charge in [0.25, 0.3) is 0 Å². The Morgan fingerprint density at radius 2 is 1.76 bits per heavy atom. The molecule has 2 unspecified atom stereocenters. The van der Waals surface area contributed by atoms with E-state index in [0.29, 0.717) is 51.6 Å². The number of nitrogens with one attached hydrogen (secondary N) is 2. The Bertz CT molecular complexity index is 1590. The lowest BCUT2D eigenvalue weighted by Gasteiger charge is -2.47. The monoisotopic (exact) mass is 493 g/mol. The molecule has 7 heteroatoms. The number of rotatable bonds is 5. The van der Waals surface area contributed by atoms with E-state index in [1.165, 1.54) is 37.9 Å².